The molecule has 0 fully saturated rings. The van der Waals surface area contributed by atoms with Gasteiger partial charge in [0, 0.05) is 19.3 Å². The molecule has 0 radical (unpaired) electrons. The second-order valence-corrected chi connectivity index (χ2v) is 22.6. The van der Waals surface area contributed by atoms with E-state index in [9.17, 15) is 28.9 Å². The van der Waals surface area contributed by atoms with Gasteiger partial charge in [0.2, 0.25) is 0 Å². The number of phosphoric acid groups is 1. The number of aliphatic hydroxyl groups excluding tert-OH is 1. The van der Waals surface area contributed by atoms with Gasteiger partial charge >= 0.3 is 25.7 Å². The first-order valence-electron chi connectivity index (χ1n) is 32.4. The highest BCUT2D eigenvalue weighted by Crippen LogP contribution is 2.43. The van der Waals surface area contributed by atoms with Crippen molar-refractivity contribution in [1.29, 1.82) is 0 Å². The van der Waals surface area contributed by atoms with Crippen LogP contribution in [0.25, 0.3) is 0 Å². The van der Waals surface area contributed by atoms with E-state index in [1.165, 1.54) is 89.9 Å². The number of carbonyl (C=O) groups is 3. The van der Waals surface area contributed by atoms with Crippen LogP contribution in [0.1, 0.15) is 265 Å². The Labute approximate surface area is 500 Å². The molecule has 0 aromatic rings. The number of hydrogen-bond donors (Lipinski definition) is 2. The van der Waals surface area contributed by atoms with Crippen molar-refractivity contribution in [2.45, 2.75) is 277 Å². The van der Waals surface area contributed by atoms with Crippen molar-refractivity contribution < 1.29 is 52.2 Å². The number of ether oxygens (including phenoxy) is 3. The maximum absolute atomic E-state index is 13.0. The first-order chi connectivity index (χ1) is 40.2. The lowest BCUT2D eigenvalue weighted by Gasteiger charge is -2.21. The van der Waals surface area contributed by atoms with E-state index in [1.807, 2.05) is 12.2 Å². The molecule has 0 aromatic carbocycles. The largest absolute Gasteiger partial charge is 0.472 e. The molecule has 12 heteroatoms. The van der Waals surface area contributed by atoms with Crippen LogP contribution in [0.2, 0.25) is 0 Å². The molecule has 0 saturated heterocycles. The molecule has 0 saturated carbocycles. The smallest absolute Gasteiger partial charge is 0.462 e. The van der Waals surface area contributed by atoms with Gasteiger partial charge in [-0.1, -0.05) is 251 Å². The van der Waals surface area contributed by atoms with Crippen LogP contribution in [0.3, 0.4) is 0 Å². The Bertz CT molecular complexity index is 1840. The van der Waals surface area contributed by atoms with Crippen molar-refractivity contribution in [3.05, 3.63) is 122 Å². The number of carbonyl (C=O) groups excluding carboxylic acids is 3. The van der Waals surface area contributed by atoms with Crippen LogP contribution in [0.4, 0.5) is 0 Å². The lowest BCUT2D eigenvalue weighted by molar-refractivity contribution is -0.161. The van der Waals surface area contributed by atoms with Crippen LogP contribution in [0.5, 0.6) is 0 Å². The number of esters is 3. The van der Waals surface area contributed by atoms with E-state index in [2.05, 4.69) is 130 Å². The van der Waals surface area contributed by atoms with Gasteiger partial charge in [0.1, 0.15) is 12.7 Å². The molecule has 82 heavy (non-hydrogen) atoms. The number of unbranched alkanes of at least 4 members (excludes halogenated alkanes) is 22. The summed E-state index contributed by atoms with van der Waals surface area (Å²) in [4.78, 5) is 48.8. The quantitative estimate of drug-likeness (QED) is 0.0197. The third kappa shape index (κ3) is 60.5. The minimum atomic E-state index is -4.78. The fourth-order valence-electron chi connectivity index (χ4n) is 8.51. The van der Waals surface area contributed by atoms with Gasteiger partial charge in [-0.15, -0.1) is 0 Å². The molecule has 2 N–H and O–H groups in total. The van der Waals surface area contributed by atoms with Gasteiger partial charge in [0.25, 0.3) is 0 Å². The van der Waals surface area contributed by atoms with E-state index in [0.29, 0.717) is 19.3 Å². The Kier molecular flexibility index (Phi) is 59.8. The number of aliphatic hydroxyl groups is 1. The lowest BCUT2D eigenvalue weighted by Crippen LogP contribution is -2.30. The van der Waals surface area contributed by atoms with Gasteiger partial charge in [-0.25, -0.2) is 4.57 Å². The minimum Gasteiger partial charge on any atom is -0.462 e. The minimum absolute atomic E-state index is 0.0956. The molecule has 0 heterocycles. The molecule has 0 aliphatic carbocycles. The molecule has 0 spiro atoms. The third-order valence-corrected chi connectivity index (χ3v) is 14.3. The third-order valence-electron chi connectivity index (χ3n) is 13.4. The average molecular weight is 1170 g/mol. The standard InChI is InChI=1S/C70H117O11P/c1-4-7-10-13-16-19-22-25-28-31-33-36-38-41-44-47-50-53-56-59-68(72)77-63-67(81-70(74)61-58-55-52-49-46-43-40-37-34-32-29-26-23-20-17-14-11-8-5-2)65-79-82(75,76)78-64-66(62-71)80-69(73)60-57-54-51-48-45-42-39-35-30-27-24-21-18-15-12-9-6-3/h7,9-10,12,16,18-19,21,25-30,33,36,41,44,50,53,66-67,71H,4-6,8,11,13-15,17,20,22-24,31-32,34-35,37-40,42-43,45-49,51-52,54-65H2,1-3H3,(H,75,76)/b10-7-,12-9-,19-16-,21-18-,28-25-,29-26-,30-27-,36-33-,44-41-,53-50-. The lowest BCUT2D eigenvalue weighted by atomic mass is 10.1. The van der Waals surface area contributed by atoms with E-state index >= 15 is 0 Å². The first-order valence-corrected chi connectivity index (χ1v) is 33.9. The van der Waals surface area contributed by atoms with Gasteiger partial charge in [-0.05, 0) is 116 Å². The zero-order chi connectivity index (χ0) is 59.8. The summed E-state index contributed by atoms with van der Waals surface area (Å²) in [5.41, 5.74) is 0. The van der Waals surface area contributed by atoms with Crippen molar-refractivity contribution in [1.82, 2.24) is 0 Å². The monoisotopic (exact) mass is 1160 g/mol. The number of rotatable bonds is 59. The summed E-state index contributed by atoms with van der Waals surface area (Å²) in [5, 5.41) is 9.86. The molecule has 11 nitrogen and oxygen atoms in total. The number of allylic oxidation sites excluding steroid dienone is 20. The van der Waals surface area contributed by atoms with E-state index in [1.54, 1.807) is 0 Å². The van der Waals surface area contributed by atoms with Gasteiger partial charge in [-0.2, -0.15) is 0 Å². The van der Waals surface area contributed by atoms with Crippen molar-refractivity contribution in [3.63, 3.8) is 0 Å². The summed E-state index contributed by atoms with van der Waals surface area (Å²) in [6.07, 6.45) is 78.8. The topological polar surface area (TPSA) is 155 Å². The SMILES string of the molecule is CC/C=C\C/C=C\C/C=C\C/C=C\C/C=C\C/C=C\CCC(=O)OCC(COP(=O)(O)OCC(CO)OC(=O)CCCCCCCCC/C=C\C/C=C\C/C=C\CC)OC(=O)CCCCCCCCCCC/C=C\CCCCCCCC. The Hall–Kier alpha value is -4.12. The Morgan fingerprint density at radius 1 is 0.354 bits per heavy atom. The summed E-state index contributed by atoms with van der Waals surface area (Å²) < 4.78 is 39.6. The van der Waals surface area contributed by atoms with Crippen LogP contribution >= 0.6 is 7.82 Å². The predicted molar refractivity (Wildman–Crippen MR) is 343 cm³/mol. The van der Waals surface area contributed by atoms with E-state index in [0.717, 1.165) is 116 Å². The van der Waals surface area contributed by atoms with Gasteiger partial charge < -0.3 is 24.2 Å². The highest BCUT2D eigenvalue weighted by atomic mass is 31.2. The second-order valence-electron chi connectivity index (χ2n) is 21.2. The summed E-state index contributed by atoms with van der Waals surface area (Å²) in [6.45, 7) is 4.34. The molecule has 0 rings (SSSR count). The van der Waals surface area contributed by atoms with Gasteiger partial charge in [0.15, 0.2) is 6.10 Å². The molecule has 0 aliphatic heterocycles. The molecule has 0 aromatic heterocycles. The van der Waals surface area contributed by atoms with Crippen LogP contribution in [-0.4, -0.2) is 66.5 Å². The number of hydrogen-bond acceptors (Lipinski definition) is 10. The fourth-order valence-corrected chi connectivity index (χ4v) is 9.29. The molecule has 0 aliphatic rings. The Balaban J connectivity index is 4.81. The van der Waals surface area contributed by atoms with E-state index in [4.69, 9.17) is 23.3 Å². The molecule has 0 amide bonds. The normalized spacial score (nSPS) is 14.1. The van der Waals surface area contributed by atoms with Crippen LogP contribution < -0.4 is 0 Å². The van der Waals surface area contributed by atoms with Gasteiger partial charge in [-0.3, -0.25) is 23.4 Å². The van der Waals surface area contributed by atoms with Crippen molar-refractivity contribution in [2.75, 3.05) is 26.4 Å². The van der Waals surface area contributed by atoms with Crippen molar-refractivity contribution in [3.8, 4) is 0 Å². The summed E-state index contributed by atoms with van der Waals surface area (Å²) in [7, 11) is -4.78. The fraction of sp³-hybridized carbons (Fsp3) is 0.671. The van der Waals surface area contributed by atoms with E-state index in [-0.39, 0.29) is 25.9 Å². The zero-order valence-corrected chi connectivity index (χ0v) is 52.8. The maximum atomic E-state index is 13.0. The summed E-state index contributed by atoms with van der Waals surface area (Å²) >= 11 is 0. The second kappa shape index (κ2) is 62.9. The molecular formula is C70H117O11P. The molecular weight excluding hydrogens is 1050 g/mol. The zero-order valence-electron chi connectivity index (χ0n) is 51.9. The first kappa shape index (κ1) is 77.9. The summed E-state index contributed by atoms with van der Waals surface area (Å²) in [5.74, 6) is -1.58. The Morgan fingerprint density at radius 2 is 0.659 bits per heavy atom. The Morgan fingerprint density at radius 3 is 1.04 bits per heavy atom. The molecule has 3 unspecified atom stereocenters. The highest BCUT2D eigenvalue weighted by molar-refractivity contribution is 7.47. The van der Waals surface area contributed by atoms with Crippen LogP contribution in [0.15, 0.2) is 122 Å². The van der Waals surface area contributed by atoms with E-state index < -0.39 is 57.8 Å². The number of phosphoric ester groups is 1. The van der Waals surface area contributed by atoms with Crippen molar-refractivity contribution >= 4 is 25.7 Å². The van der Waals surface area contributed by atoms with Crippen LogP contribution in [0, 0.1) is 0 Å². The predicted octanol–water partition coefficient (Wildman–Crippen LogP) is 19.9. The average Bonchev–Trinajstić information content (AvgIpc) is 3.47. The van der Waals surface area contributed by atoms with Gasteiger partial charge in [0.05, 0.1) is 19.8 Å². The molecule has 3 atom stereocenters. The summed E-state index contributed by atoms with van der Waals surface area (Å²) in [6, 6.07) is 0. The molecule has 468 valence electrons. The maximum Gasteiger partial charge on any atom is 0.472 e. The molecule has 0 bridgehead atoms. The van der Waals surface area contributed by atoms with Crippen LogP contribution in [-0.2, 0) is 42.2 Å². The van der Waals surface area contributed by atoms with Crippen molar-refractivity contribution in [2.24, 2.45) is 0 Å². The highest BCUT2D eigenvalue weighted by Gasteiger charge is 2.28.